The molecule has 0 radical (unpaired) electrons. The summed E-state index contributed by atoms with van der Waals surface area (Å²) >= 11 is 0. The van der Waals surface area contributed by atoms with Gasteiger partial charge in [-0.1, -0.05) is 42.5 Å². The average Bonchev–Trinajstić information content (AvgIpc) is 3.03. The van der Waals surface area contributed by atoms with E-state index in [1.807, 2.05) is 12.1 Å². The number of hydrogen-bond donors (Lipinski definition) is 0. The largest absolute Gasteiger partial charge is 0.356 e. The lowest BCUT2D eigenvalue weighted by Gasteiger charge is -2.28. The number of nitriles is 1. The molecule has 4 aromatic rings. The highest BCUT2D eigenvalue weighted by Gasteiger charge is 2.25. The van der Waals surface area contributed by atoms with Crippen LogP contribution in [0.4, 0.5) is 5.82 Å². The number of rotatable bonds is 3. The van der Waals surface area contributed by atoms with Gasteiger partial charge in [0.05, 0.1) is 16.6 Å². The summed E-state index contributed by atoms with van der Waals surface area (Å²) in [7, 11) is 2.20. The van der Waals surface area contributed by atoms with Crippen LogP contribution in [0.5, 0.6) is 0 Å². The zero-order valence-corrected chi connectivity index (χ0v) is 18.2. The smallest absolute Gasteiger partial charge is 0.157 e. The van der Waals surface area contributed by atoms with Crippen LogP contribution in [0, 0.1) is 18.3 Å². The van der Waals surface area contributed by atoms with E-state index in [1.165, 1.54) is 16.9 Å². The highest BCUT2D eigenvalue weighted by atomic mass is 15.3. The molecule has 2 aromatic carbocycles. The van der Waals surface area contributed by atoms with Gasteiger partial charge in [0.15, 0.2) is 5.65 Å². The Balaban J connectivity index is 1.83. The molecule has 1 aliphatic heterocycles. The molecule has 0 saturated carbocycles. The third kappa shape index (κ3) is 3.43. The highest BCUT2D eigenvalue weighted by Crippen LogP contribution is 2.35. The molecule has 0 aliphatic carbocycles. The number of hydrogen-bond acceptors (Lipinski definition) is 4. The summed E-state index contributed by atoms with van der Waals surface area (Å²) in [5, 5.41) is 10.1. The van der Waals surface area contributed by atoms with E-state index in [4.69, 9.17) is 4.98 Å². The molecule has 0 amide bonds. The fourth-order valence-electron chi connectivity index (χ4n) is 4.77. The van der Waals surface area contributed by atoms with Gasteiger partial charge in [0.25, 0.3) is 0 Å². The average molecular weight is 410 g/mol. The summed E-state index contributed by atoms with van der Waals surface area (Å²) in [5.41, 5.74) is 6.97. The summed E-state index contributed by atoms with van der Waals surface area (Å²) < 4.78 is 2.24. The molecular weight excluding hydrogens is 382 g/mol. The summed E-state index contributed by atoms with van der Waals surface area (Å²) in [5.74, 6) is 1.19. The van der Waals surface area contributed by atoms with Crippen LogP contribution in [-0.2, 0) is 6.42 Å². The van der Waals surface area contributed by atoms with Gasteiger partial charge in [-0.3, -0.25) is 4.40 Å². The summed E-state index contributed by atoms with van der Waals surface area (Å²) in [6.07, 6.45) is 1.92. The van der Waals surface area contributed by atoms with Crippen molar-refractivity contribution in [1.82, 2.24) is 14.3 Å². The van der Waals surface area contributed by atoms with Crippen LogP contribution in [0.3, 0.4) is 0 Å². The van der Waals surface area contributed by atoms with Crippen molar-refractivity contribution in [3.63, 3.8) is 0 Å². The SMILES string of the molecule is Cc1c(Cc2ccccc2)c(N2CCCN(C)CC2)n2c(nc3ccccc32)c1C#N. The molecule has 0 unspecified atom stereocenters. The Hall–Kier alpha value is -3.36. The Bertz CT molecular complexity index is 1280. The van der Waals surface area contributed by atoms with Crippen molar-refractivity contribution in [2.75, 3.05) is 38.1 Å². The Morgan fingerprint density at radius 1 is 0.968 bits per heavy atom. The maximum Gasteiger partial charge on any atom is 0.157 e. The normalized spacial score (nSPS) is 15.3. The number of benzene rings is 2. The lowest BCUT2D eigenvalue weighted by Crippen LogP contribution is -2.31. The molecule has 5 nitrogen and oxygen atoms in total. The van der Waals surface area contributed by atoms with Crippen LogP contribution in [0.1, 0.15) is 28.7 Å². The Kier molecular flexibility index (Phi) is 5.09. The molecule has 5 heteroatoms. The molecule has 1 saturated heterocycles. The lowest BCUT2D eigenvalue weighted by atomic mass is 9.97. The lowest BCUT2D eigenvalue weighted by molar-refractivity contribution is 0.360. The van der Waals surface area contributed by atoms with Gasteiger partial charge in [0.2, 0.25) is 0 Å². The number of imidazole rings is 1. The number of aromatic nitrogens is 2. The highest BCUT2D eigenvalue weighted by molar-refractivity contribution is 5.86. The maximum absolute atomic E-state index is 10.1. The summed E-state index contributed by atoms with van der Waals surface area (Å²) in [4.78, 5) is 9.80. The van der Waals surface area contributed by atoms with Crippen LogP contribution in [0.2, 0.25) is 0 Å². The maximum atomic E-state index is 10.1. The van der Waals surface area contributed by atoms with Gasteiger partial charge in [-0.2, -0.15) is 5.26 Å². The van der Waals surface area contributed by atoms with Crippen molar-refractivity contribution in [1.29, 1.82) is 5.26 Å². The molecule has 2 aromatic heterocycles. The van der Waals surface area contributed by atoms with E-state index in [-0.39, 0.29) is 0 Å². The molecule has 0 N–H and O–H groups in total. The van der Waals surface area contributed by atoms with E-state index in [0.717, 1.165) is 61.3 Å². The van der Waals surface area contributed by atoms with Crippen LogP contribution < -0.4 is 4.90 Å². The summed E-state index contributed by atoms with van der Waals surface area (Å²) in [6.45, 7) is 6.18. The van der Waals surface area contributed by atoms with Gasteiger partial charge in [-0.05, 0) is 50.2 Å². The standard InChI is InChI=1S/C26H27N5/c1-19-21(17-20-9-4-3-5-10-20)26(30-14-8-13-29(2)15-16-30)31-24-12-7-6-11-23(24)28-25(31)22(19)18-27/h3-7,9-12H,8,13-17H2,1-2H3. The fraction of sp³-hybridized carbons (Fsp3) is 0.308. The molecule has 0 bridgehead atoms. The number of para-hydroxylation sites is 2. The van der Waals surface area contributed by atoms with Crippen LogP contribution in [-0.4, -0.2) is 47.5 Å². The molecule has 156 valence electrons. The van der Waals surface area contributed by atoms with Crippen LogP contribution in [0.15, 0.2) is 54.6 Å². The number of fused-ring (bicyclic) bond motifs is 3. The molecule has 0 atom stereocenters. The van der Waals surface area contributed by atoms with Crippen molar-refractivity contribution in [2.45, 2.75) is 19.8 Å². The summed E-state index contributed by atoms with van der Waals surface area (Å²) in [6, 6.07) is 21.2. The van der Waals surface area contributed by atoms with E-state index in [0.29, 0.717) is 5.56 Å². The molecule has 0 spiro atoms. The second-order valence-electron chi connectivity index (χ2n) is 8.48. The minimum Gasteiger partial charge on any atom is -0.356 e. The molecule has 31 heavy (non-hydrogen) atoms. The predicted octanol–water partition coefficient (Wildman–Crippen LogP) is 4.40. The fourth-order valence-corrected chi connectivity index (χ4v) is 4.77. The Morgan fingerprint density at radius 2 is 1.74 bits per heavy atom. The first kappa shape index (κ1) is 19.6. The molecule has 3 heterocycles. The molecule has 5 rings (SSSR count). The topological polar surface area (TPSA) is 47.6 Å². The van der Waals surface area contributed by atoms with Gasteiger partial charge in [-0.25, -0.2) is 4.98 Å². The van der Waals surface area contributed by atoms with Crippen molar-refractivity contribution in [3.8, 4) is 6.07 Å². The van der Waals surface area contributed by atoms with Gasteiger partial charge in [0.1, 0.15) is 11.9 Å². The number of likely N-dealkylation sites (N-methyl/N-ethyl adjacent to an activating group) is 1. The third-order valence-corrected chi connectivity index (χ3v) is 6.45. The van der Waals surface area contributed by atoms with E-state index in [1.54, 1.807) is 0 Å². The van der Waals surface area contributed by atoms with Crippen molar-refractivity contribution in [2.24, 2.45) is 0 Å². The zero-order chi connectivity index (χ0) is 21.4. The van der Waals surface area contributed by atoms with Crippen LogP contribution >= 0.6 is 0 Å². The van der Waals surface area contributed by atoms with Gasteiger partial charge in [0, 0.05) is 31.6 Å². The number of nitrogens with zero attached hydrogens (tertiary/aromatic N) is 5. The van der Waals surface area contributed by atoms with E-state index in [2.05, 4.69) is 76.7 Å². The second-order valence-corrected chi connectivity index (χ2v) is 8.48. The second kappa shape index (κ2) is 8.05. The van der Waals surface area contributed by atoms with E-state index in [9.17, 15) is 5.26 Å². The Morgan fingerprint density at radius 3 is 2.55 bits per heavy atom. The predicted molar refractivity (Wildman–Crippen MR) is 126 cm³/mol. The first-order valence-corrected chi connectivity index (χ1v) is 11.0. The third-order valence-electron chi connectivity index (χ3n) is 6.45. The zero-order valence-electron chi connectivity index (χ0n) is 18.2. The van der Waals surface area contributed by atoms with Gasteiger partial charge in [-0.15, -0.1) is 0 Å². The van der Waals surface area contributed by atoms with Crippen molar-refractivity contribution < 1.29 is 0 Å². The van der Waals surface area contributed by atoms with Gasteiger partial charge >= 0.3 is 0 Å². The first-order chi connectivity index (χ1) is 15.2. The Labute approximate surface area is 183 Å². The van der Waals surface area contributed by atoms with E-state index >= 15 is 0 Å². The molecular formula is C26H27N5. The van der Waals surface area contributed by atoms with Crippen molar-refractivity contribution in [3.05, 3.63) is 76.9 Å². The van der Waals surface area contributed by atoms with Crippen LogP contribution in [0.25, 0.3) is 16.7 Å². The molecule has 1 fully saturated rings. The number of anilines is 1. The van der Waals surface area contributed by atoms with Gasteiger partial charge < -0.3 is 9.80 Å². The first-order valence-electron chi connectivity index (χ1n) is 11.0. The van der Waals surface area contributed by atoms with Crippen molar-refractivity contribution >= 4 is 22.5 Å². The number of pyridine rings is 1. The minimum absolute atomic E-state index is 0.679. The van der Waals surface area contributed by atoms with E-state index < -0.39 is 0 Å². The minimum atomic E-state index is 0.679. The monoisotopic (exact) mass is 409 g/mol. The quantitative estimate of drug-likeness (QED) is 0.503. The molecule has 1 aliphatic rings.